The lowest BCUT2D eigenvalue weighted by Gasteiger charge is -2.28. The van der Waals surface area contributed by atoms with Crippen molar-refractivity contribution in [2.45, 2.75) is 32.7 Å². The Bertz CT molecular complexity index is 402. The van der Waals surface area contributed by atoms with Gasteiger partial charge in [0.25, 0.3) is 0 Å². The standard InChI is InChI=1S/C14H23ClN4/c1-4-5-10-17-14(18-16)19(3)11(2)12-6-8-13(15)9-7-12/h6-9,11H,4-5,10,16H2,1-3H3,(H,17,18). The summed E-state index contributed by atoms with van der Waals surface area (Å²) in [5, 5.41) is 0.743. The quantitative estimate of drug-likeness (QED) is 0.287. The van der Waals surface area contributed by atoms with Crippen molar-refractivity contribution in [3.8, 4) is 0 Å². The second-order valence-electron chi connectivity index (χ2n) is 4.54. The molecule has 0 amide bonds. The summed E-state index contributed by atoms with van der Waals surface area (Å²) in [5.41, 5.74) is 3.84. The van der Waals surface area contributed by atoms with Crippen LogP contribution in [0.5, 0.6) is 0 Å². The van der Waals surface area contributed by atoms with E-state index in [1.165, 1.54) is 5.56 Å². The van der Waals surface area contributed by atoms with E-state index in [0.29, 0.717) is 5.96 Å². The number of halogens is 1. The van der Waals surface area contributed by atoms with E-state index in [4.69, 9.17) is 17.4 Å². The molecule has 0 spiro atoms. The molecule has 1 aromatic carbocycles. The highest BCUT2D eigenvalue weighted by Gasteiger charge is 2.14. The summed E-state index contributed by atoms with van der Waals surface area (Å²) in [6.45, 7) is 5.04. The highest BCUT2D eigenvalue weighted by atomic mass is 35.5. The molecule has 0 aliphatic rings. The molecule has 106 valence electrons. The van der Waals surface area contributed by atoms with Crippen molar-refractivity contribution in [3.63, 3.8) is 0 Å². The number of hydrogen-bond acceptors (Lipinski definition) is 2. The van der Waals surface area contributed by atoms with Crippen molar-refractivity contribution in [2.75, 3.05) is 13.6 Å². The summed E-state index contributed by atoms with van der Waals surface area (Å²) in [6.07, 6.45) is 2.19. The van der Waals surface area contributed by atoms with Crippen LogP contribution < -0.4 is 11.3 Å². The van der Waals surface area contributed by atoms with Gasteiger partial charge >= 0.3 is 0 Å². The van der Waals surface area contributed by atoms with Crippen LogP contribution >= 0.6 is 11.6 Å². The Morgan fingerprint density at radius 3 is 2.58 bits per heavy atom. The van der Waals surface area contributed by atoms with E-state index in [9.17, 15) is 0 Å². The molecule has 0 saturated carbocycles. The highest BCUT2D eigenvalue weighted by molar-refractivity contribution is 6.30. The Morgan fingerprint density at radius 1 is 1.42 bits per heavy atom. The first kappa shape index (κ1) is 15.8. The van der Waals surface area contributed by atoms with Gasteiger partial charge in [-0.2, -0.15) is 0 Å². The second kappa shape index (κ2) is 8.02. The van der Waals surface area contributed by atoms with Gasteiger partial charge < -0.3 is 4.90 Å². The van der Waals surface area contributed by atoms with E-state index in [0.717, 1.165) is 24.4 Å². The molecule has 5 heteroatoms. The van der Waals surface area contributed by atoms with E-state index in [1.807, 2.05) is 36.2 Å². The Balaban J connectivity index is 2.75. The third-order valence-corrected chi connectivity index (χ3v) is 3.42. The SMILES string of the molecule is CCCCN=C(NN)N(C)C(C)c1ccc(Cl)cc1. The summed E-state index contributed by atoms with van der Waals surface area (Å²) in [5.74, 6) is 6.26. The van der Waals surface area contributed by atoms with E-state index in [1.54, 1.807) is 0 Å². The van der Waals surface area contributed by atoms with Gasteiger partial charge in [0.2, 0.25) is 5.96 Å². The number of nitrogens with zero attached hydrogens (tertiary/aromatic N) is 2. The molecule has 4 nitrogen and oxygen atoms in total. The smallest absolute Gasteiger partial charge is 0.208 e. The zero-order valence-corrected chi connectivity index (χ0v) is 12.6. The Labute approximate surface area is 120 Å². The molecule has 0 saturated heterocycles. The van der Waals surface area contributed by atoms with Crippen LogP contribution in [0, 0.1) is 0 Å². The molecule has 1 unspecified atom stereocenters. The predicted molar refractivity (Wildman–Crippen MR) is 82.2 cm³/mol. The van der Waals surface area contributed by atoms with Crippen LogP contribution in [0.2, 0.25) is 5.02 Å². The highest BCUT2D eigenvalue weighted by Crippen LogP contribution is 2.20. The van der Waals surface area contributed by atoms with Crippen LogP contribution in [-0.4, -0.2) is 24.5 Å². The van der Waals surface area contributed by atoms with Crippen LogP contribution in [0.25, 0.3) is 0 Å². The fourth-order valence-corrected chi connectivity index (χ4v) is 1.88. The largest absolute Gasteiger partial charge is 0.338 e. The summed E-state index contributed by atoms with van der Waals surface area (Å²) in [7, 11) is 1.98. The number of hydrogen-bond donors (Lipinski definition) is 2. The van der Waals surface area contributed by atoms with E-state index < -0.39 is 0 Å². The molecule has 1 atom stereocenters. The van der Waals surface area contributed by atoms with Crippen molar-refractivity contribution < 1.29 is 0 Å². The first-order chi connectivity index (χ1) is 9.10. The predicted octanol–water partition coefficient (Wildman–Crippen LogP) is 2.95. The summed E-state index contributed by atoms with van der Waals surface area (Å²) < 4.78 is 0. The van der Waals surface area contributed by atoms with Crippen LogP contribution in [0.1, 0.15) is 38.3 Å². The Morgan fingerprint density at radius 2 is 2.05 bits per heavy atom. The first-order valence-corrected chi connectivity index (χ1v) is 6.97. The molecule has 0 aliphatic heterocycles. The molecular weight excluding hydrogens is 260 g/mol. The third kappa shape index (κ3) is 4.73. The number of rotatable bonds is 5. The zero-order chi connectivity index (χ0) is 14.3. The van der Waals surface area contributed by atoms with E-state index >= 15 is 0 Å². The van der Waals surface area contributed by atoms with E-state index in [-0.39, 0.29) is 6.04 Å². The molecule has 3 N–H and O–H groups in total. The molecule has 0 aromatic heterocycles. The first-order valence-electron chi connectivity index (χ1n) is 6.59. The summed E-state index contributed by atoms with van der Waals surface area (Å²) >= 11 is 5.90. The number of nitrogens with two attached hydrogens (primary N) is 1. The number of hydrazine groups is 1. The van der Waals surface area contributed by atoms with Gasteiger partial charge in [-0.15, -0.1) is 0 Å². The monoisotopic (exact) mass is 282 g/mol. The molecule has 0 heterocycles. The maximum absolute atomic E-state index is 5.90. The second-order valence-corrected chi connectivity index (χ2v) is 4.98. The van der Waals surface area contributed by atoms with Crippen LogP contribution in [0.4, 0.5) is 0 Å². The van der Waals surface area contributed by atoms with Crippen molar-refractivity contribution in [2.24, 2.45) is 10.8 Å². The zero-order valence-electron chi connectivity index (χ0n) is 11.9. The molecule has 0 aliphatic carbocycles. The molecule has 1 rings (SSSR count). The summed E-state index contributed by atoms with van der Waals surface area (Å²) in [6, 6.07) is 8.00. The molecule has 0 fully saturated rings. The van der Waals surface area contributed by atoms with Gasteiger partial charge in [-0.3, -0.25) is 10.4 Å². The van der Waals surface area contributed by atoms with Gasteiger partial charge in [0, 0.05) is 18.6 Å². The topological polar surface area (TPSA) is 53.6 Å². The number of benzene rings is 1. The molecular formula is C14H23ClN4. The van der Waals surface area contributed by atoms with Crippen molar-refractivity contribution in [1.82, 2.24) is 10.3 Å². The number of unbranched alkanes of at least 4 members (excludes halogenated alkanes) is 1. The molecule has 0 radical (unpaired) electrons. The van der Waals surface area contributed by atoms with Gasteiger partial charge in [0.15, 0.2) is 0 Å². The average molecular weight is 283 g/mol. The van der Waals surface area contributed by atoms with E-state index in [2.05, 4.69) is 24.3 Å². The molecule has 19 heavy (non-hydrogen) atoms. The fourth-order valence-electron chi connectivity index (χ4n) is 1.75. The van der Waals surface area contributed by atoms with Gasteiger partial charge in [-0.25, -0.2) is 5.84 Å². The minimum atomic E-state index is 0.175. The maximum Gasteiger partial charge on any atom is 0.208 e. The van der Waals surface area contributed by atoms with Crippen molar-refractivity contribution >= 4 is 17.6 Å². The lowest BCUT2D eigenvalue weighted by atomic mass is 10.1. The fraction of sp³-hybridized carbons (Fsp3) is 0.500. The van der Waals surface area contributed by atoms with Crippen LogP contribution in [0.15, 0.2) is 29.3 Å². The van der Waals surface area contributed by atoms with Gasteiger partial charge in [-0.05, 0) is 31.0 Å². The van der Waals surface area contributed by atoms with Gasteiger partial charge in [0.05, 0.1) is 6.04 Å². The van der Waals surface area contributed by atoms with Gasteiger partial charge in [0.1, 0.15) is 0 Å². The van der Waals surface area contributed by atoms with Crippen LogP contribution in [-0.2, 0) is 0 Å². The lowest BCUT2D eigenvalue weighted by Crippen LogP contribution is -2.44. The Kier molecular flexibility index (Phi) is 6.67. The number of guanidine groups is 1. The number of nitrogens with one attached hydrogen (secondary N) is 1. The third-order valence-electron chi connectivity index (χ3n) is 3.17. The minimum absolute atomic E-state index is 0.175. The summed E-state index contributed by atoms with van der Waals surface area (Å²) in [4.78, 5) is 6.50. The Hall–Kier alpha value is -1.26. The minimum Gasteiger partial charge on any atom is -0.338 e. The van der Waals surface area contributed by atoms with Gasteiger partial charge in [-0.1, -0.05) is 37.1 Å². The maximum atomic E-state index is 5.90. The number of aliphatic imine (C=N–C) groups is 1. The molecule has 1 aromatic rings. The van der Waals surface area contributed by atoms with Crippen molar-refractivity contribution in [3.05, 3.63) is 34.9 Å². The normalized spacial score (nSPS) is 13.2. The molecule has 0 bridgehead atoms. The lowest BCUT2D eigenvalue weighted by molar-refractivity contribution is 0.386. The van der Waals surface area contributed by atoms with Crippen LogP contribution in [0.3, 0.4) is 0 Å². The average Bonchev–Trinajstić information content (AvgIpc) is 2.43. The van der Waals surface area contributed by atoms with Crippen molar-refractivity contribution in [1.29, 1.82) is 0 Å².